The van der Waals surface area contributed by atoms with Gasteiger partial charge in [-0.25, -0.2) is 9.07 Å². The van der Waals surface area contributed by atoms with Gasteiger partial charge in [-0.3, -0.25) is 4.79 Å². The molecule has 2 aromatic carbocycles. The number of methoxy groups -OCH3 is 2. The summed E-state index contributed by atoms with van der Waals surface area (Å²) < 4.78 is 25.3. The third-order valence-electron chi connectivity index (χ3n) is 3.98. The van der Waals surface area contributed by atoms with E-state index in [0.717, 1.165) is 10.5 Å². The summed E-state index contributed by atoms with van der Waals surface area (Å²) in [6.07, 6.45) is 1.62. The molecular weight excluding hydrogens is 381 g/mol. The van der Waals surface area contributed by atoms with Crippen molar-refractivity contribution < 1.29 is 18.7 Å². The van der Waals surface area contributed by atoms with Gasteiger partial charge in [-0.15, -0.1) is 11.8 Å². The summed E-state index contributed by atoms with van der Waals surface area (Å²) >= 11 is 1.34. The molecule has 6 nitrogen and oxygen atoms in total. The maximum atomic E-state index is 12.9. The predicted molar refractivity (Wildman–Crippen MR) is 107 cm³/mol. The Morgan fingerprint density at radius 2 is 1.93 bits per heavy atom. The van der Waals surface area contributed by atoms with Crippen molar-refractivity contribution in [3.63, 3.8) is 0 Å². The van der Waals surface area contributed by atoms with Gasteiger partial charge in [0.15, 0.2) is 0 Å². The van der Waals surface area contributed by atoms with Crippen LogP contribution in [0.1, 0.15) is 5.56 Å². The highest BCUT2D eigenvalue weighted by molar-refractivity contribution is 8.00. The van der Waals surface area contributed by atoms with Crippen molar-refractivity contribution in [2.75, 3.05) is 25.3 Å². The third kappa shape index (κ3) is 5.04. The van der Waals surface area contributed by atoms with Crippen LogP contribution in [0.2, 0.25) is 0 Å². The molecule has 0 aliphatic carbocycles. The maximum absolute atomic E-state index is 12.9. The minimum atomic E-state index is -0.299. The average Bonchev–Trinajstić information content (AvgIpc) is 3.14. The van der Waals surface area contributed by atoms with E-state index in [9.17, 15) is 9.18 Å². The normalized spacial score (nSPS) is 10.5. The summed E-state index contributed by atoms with van der Waals surface area (Å²) in [6, 6.07) is 13.3. The van der Waals surface area contributed by atoms with Crippen LogP contribution in [0.5, 0.6) is 11.5 Å². The van der Waals surface area contributed by atoms with Gasteiger partial charge in [0.2, 0.25) is 5.91 Å². The largest absolute Gasteiger partial charge is 0.497 e. The molecular formula is C20H20FN3O3S. The van der Waals surface area contributed by atoms with E-state index in [4.69, 9.17) is 9.47 Å². The summed E-state index contributed by atoms with van der Waals surface area (Å²) in [5.74, 6) is 1.71. The van der Waals surface area contributed by atoms with Crippen LogP contribution >= 0.6 is 11.8 Å². The van der Waals surface area contributed by atoms with Gasteiger partial charge in [0.25, 0.3) is 0 Å². The Labute approximate surface area is 166 Å². The summed E-state index contributed by atoms with van der Waals surface area (Å²) in [5.41, 5.74) is 0.906. The second-order valence-electron chi connectivity index (χ2n) is 5.84. The van der Waals surface area contributed by atoms with E-state index in [0.29, 0.717) is 23.9 Å². The molecule has 0 aliphatic rings. The number of carbonyl (C=O) groups is 1. The Hall–Kier alpha value is -3.00. The number of aromatic nitrogens is 2. The summed E-state index contributed by atoms with van der Waals surface area (Å²) in [7, 11) is 3.19. The number of nitrogens with zero attached hydrogens (tertiary/aromatic N) is 2. The Kier molecular flexibility index (Phi) is 6.54. The highest BCUT2D eigenvalue weighted by Crippen LogP contribution is 2.26. The van der Waals surface area contributed by atoms with E-state index in [1.54, 1.807) is 49.4 Å². The number of carbonyl (C=O) groups excluding carboxylic acids is 1. The molecule has 1 heterocycles. The molecule has 1 amide bonds. The van der Waals surface area contributed by atoms with Crippen molar-refractivity contribution in [1.82, 2.24) is 9.78 Å². The van der Waals surface area contributed by atoms with Crippen molar-refractivity contribution in [3.8, 4) is 11.5 Å². The number of thioether (sulfide) groups is 1. The van der Waals surface area contributed by atoms with E-state index in [2.05, 4.69) is 10.4 Å². The SMILES string of the molecule is COc1ccc(Cn2nccc2NC(=O)CSc2ccc(F)cc2)c(OC)c1. The standard InChI is InChI=1S/C20H20FN3O3S/c1-26-16-6-3-14(18(11-16)27-2)12-24-19(9-10-22-24)23-20(25)13-28-17-7-4-15(21)5-8-17/h3-11H,12-13H2,1-2H3,(H,23,25). The quantitative estimate of drug-likeness (QED) is 0.582. The van der Waals surface area contributed by atoms with Crippen LogP contribution in [-0.2, 0) is 11.3 Å². The van der Waals surface area contributed by atoms with Crippen LogP contribution in [0.25, 0.3) is 0 Å². The number of benzene rings is 2. The number of hydrogen-bond donors (Lipinski definition) is 1. The minimum Gasteiger partial charge on any atom is -0.497 e. The highest BCUT2D eigenvalue weighted by atomic mass is 32.2. The van der Waals surface area contributed by atoms with Gasteiger partial charge in [-0.2, -0.15) is 5.10 Å². The zero-order valence-electron chi connectivity index (χ0n) is 15.5. The summed E-state index contributed by atoms with van der Waals surface area (Å²) in [5, 5.41) is 7.13. The lowest BCUT2D eigenvalue weighted by Gasteiger charge is -2.13. The van der Waals surface area contributed by atoms with Gasteiger partial charge >= 0.3 is 0 Å². The molecule has 1 aromatic heterocycles. The van der Waals surface area contributed by atoms with Crippen LogP contribution in [0, 0.1) is 5.82 Å². The Morgan fingerprint density at radius 3 is 2.64 bits per heavy atom. The number of anilines is 1. The first-order valence-corrected chi connectivity index (χ1v) is 9.48. The fraction of sp³-hybridized carbons (Fsp3) is 0.200. The minimum absolute atomic E-state index is 0.169. The van der Waals surface area contributed by atoms with Crippen LogP contribution in [-0.4, -0.2) is 35.7 Å². The summed E-state index contributed by atoms with van der Waals surface area (Å²) in [4.78, 5) is 13.1. The van der Waals surface area contributed by atoms with Gasteiger partial charge in [-0.05, 0) is 36.4 Å². The molecule has 3 aromatic rings. The first kappa shape index (κ1) is 19.8. The number of nitrogens with one attached hydrogen (secondary N) is 1. The average molecular weight is 401 g/mol. The van der Waals surface area contributed by atoms with Crippen molar-refractivity contribution >= 4 is 23.5 Å². The van der Waals surface area contributed by atoms with Gasteiger partial charge < -0.3 is 14.8 Å². The van der Waals surface area contributed by atoms with Crippen LogP contribution in [0.4, 0.5) is 10.2 Å². The molecule has 0 atom stereocenters. The lowest BCUT2D eigenvalue weighted by molar-refractivity contribution is -0.113. The Balaban J connectivity index is 1.63. The zero-order chi connectivity index (χ0) is 19.9. The molecule has 0 bridgehead atoms. The monoisotopic (exact) mass is 401 g/mol. The summed E-state index contributed by atoms with van der Waals surface area (Å²) in [6.45, 7) is 0.431. The molecule has 28 heavy (non-hydrogen) atoms. The lowest BCUT2D eigenvalue weighted by atomic mass is 10.2. The number of amides is 1. The van der Waals surface area contributed by atoms with Crippen molar-refractivity contribution in [3.05, 3.63) is 66.1 Å². The zero-order valence-corrected chi connectivity index (χ0v) is 16.3. The molecule has 0 unspecified atom stereocenters. The predicted octanol–water partition coefficient (Wildman–Crippen LogP) is 3.82. The Morgan fingerprint density at radius 1 is 1.14 bits per heavy atom. The molecule has 0 fully saturated rings. The second-order valence-corrected chi connectivity index (χ2v) is 6.89. The number of halogens is 1. The van der Waals surface area contributed by atoms with Gasteiger partial charge in [0.1, 0.15) is 23.1 Å². The van der Waals surface area contributed by atoms with Crippen molar-refractivity contribution in [1.29, 1.82) is 0 Å². The van der Waals surface area contributed by atoms with E-state index in [-0.39, 0.29) is 17.5 Å². The number of hydrogen-bond acceptors (Lipinski definition) is 5. The molecule has 0 spiro atoms. The van der Waals surface area contributed by atoms with Crippen LogP contribution in [0.15, 0.2) is 59.6 Å². The molecule has 0 saturated carbocycles. The maximum Gasteiger partial charge on any atom is 0.235 e. The van der Waals surface area contributed by atoms with Crippen LogP contribution < -0.4 is 14.8 Å². The molecule has 8 heteroatoms. The molecule has 3 rings (SSSR count). The highest BCUT2D eigenvalue weighted by Gasteiger charge is 2.11. The number of rotatable bonds is 8. The number of ether oxygens (including phenoxy) is 2. The van der Waals surface area contributed by atoms with E-state index >= 15 is 0 Å². The van der Waals surface area contributed by atoms with Crippen LogP contribution in [0.3, 0.4) is 0 Å². The molecule has 1 N–H and O–H groups in total. The first-order chi connectivity index (χ1) is 13.6. The van der Waals surface area contributed by atoms with E-state index in [1.807, 2.05) is 12.1 Å². The van der Waals surface area contributed by atoms with Gasteiger partial charge in [0, 0.05) is 22.6 Å². The Bertz CT molecular complexity index is 944. The molecule has 0 saturated heterocycles. The lowest BCUT2D eigenvalue weighted by Crippen LogP contribution is -2.18. The molecule has 0 aliphatic heterocycles. The second kappa shape index (κ2) is 9.27. The van der Waals surface area contributed by atoms with Gasteiger partial charge in [0.05, 0.1) is 32.7 Å². The van der Waals surface area contributed by atoms with E-state index < -0.39 is 0 Å². The molecule has 0 radical (unpaired) electrons. The van der Waals surface area contributed by atoms with Gasteiger partial charge in [-0.1, -0.05) is 0 Å². The first-order valence-electron chi connectivity index (χ1n) is 8.50. The topological polar surface area (TPSA) is 65.4 Å². The smallest absolute Gasteiger partial charge is 0.235 e. The fourth-order valence-electron chi connectivity index (χ4n) is 2.57. The molecule has 146 valence electrons. The fourth-order valence-corrected chi connectivity index (χ4v) is 3.27. The van der Waals surface area contributed by atoms with Crippen molar-refractivity contribution in [2.45, 2.75) is 11.4 Å². The van der Waals surface area contributed by atoms with Crippen molar-refractivity contribution in [2.24, 2.45) is 0 Å². The third-order valence-corrected chi connectivity index (χ3v) is 4.99. The van der Waals surface area contributed by atoms with E-state index in [1.165, 1.54) is 23.9 Å².